The predicted molar refractivity (Wildman–Crippen MR) is 96.9 cm³/mol. The lowest BCUT2D eigenvalue weighted by molar-refractivity contribution is -0.146. The van der Waals surface area contributed by atoms with Crippen LogP contribution < -0.4 is 0 Å². The van der Waals surface area contributed by atoms with Crippen LogP contribution in [0.3, 0.4) is 0 Å². The molecule has 0 amide bonds. The van der Waals surface area contributed by atoms with Crippen molar-refractivity contribution in [3.63, 3.8) is 0 Å². The SMILES string of the molecule is CO[C@@H]1[C@H](CO)[C@H](OCc2cccc3ccccc23)CCC1(C)C. The van der Waals surface area contributed by atoms with E-state index < -0.39 is 0 Å². The molecule has 2 aromatic carbocycles. The molecule has 1 aliphatic rings. The lowest BCUT2D eigenvalue weighted by Gasteiger charge is -2.46. The molecular formula is C21H28O3. The first-order valence-corrected chi connectivity index (χ1v) is 8.78. The summed E-state index contributed by atoms with van der Waals surface area (Å²) in [4.78, 5) is 0. The maximum Gasteiger partial charge on any atom is 0.0726 e. The Morgan fingerprint density at radius 3 is 2.62 bits per heavy atom. The highest BCUT2D eigenvalue weighted by Crippen LogP contribution is 2.42. The molecule has 1 saturated carbocycles. The fraction of sp³-hybridized carbons (Fsp3) is 0.524. The zero-order chi connectivity index (χ0) is 17.2. The van der Waals surface area contributed by atoms with Gasteiger partial charge in [0.05, 0.1) is 25.4 Å². The van der Waals surface area contributed by atoms with Gasteiger partial charge in [0.25, 0.3) is 0 Å². The molecule has 2 aromatic rings. The third-order valence-corrected chi connectivity index (χ3v) is 5.51. The Hall–Kier alpha value is -1.42. The van der Waals surface area contributed by atoms with Crippen LogP contribution in [-0.4, -0.2) is 31.0 Å². The second-order valence-electron chi connectivity index (χ2n) is 7.52. The first-order chi connectivity index (χ1) is 11.6. The summed E-state index contributed by atoms with van der Waals surface area (Å²) in [5, 5.41) is 12.4. The molecule has 3 atom stereocenters. The van der Waals surface area contributed by atoms with E-state index >= 15 is 0 Å². The van der Waals surface area contributed by atoms with Crippen LogP contribution in [0.2, 0.25) is 0 Å². The van der Waals surface area contributed by atoms with Crippen molar-refractivity contribution in [1.29, 1.82) is 0 Å². The highest BCUT2D eigenvalue weighted by Gasteiger charge is 2.44. The van der Waals surface area contributed by atoms with Gasteiger partial charge in [-0.2, -0.15) is 0 Å². The highest BCUT2D eigenvalue weighted by atomic mass is 16.5. The van der Waals surface area contributed by atoms with Crippen LogP contribution in [-0.2, 0) is 16.1 Å². The zero-order valence-electron chi connectivity index (χ0n) is 14.9. The minimum atomic E-state index is 0.0220. The Morgan fingerprint density at radius 2 is 1.88 bits per heavy atom. The average molecular weight is 328 g/mol. The molecular weight excluding hydrogens is 300 g/mol. The lowest BCUT2D eigenvalue weighted by atomic mass is 9.68. The van der Waals surface area contributed by atoms with Gasteiger partial charge >= 0.3 is 0 Å². The Bertz CT molecular complexity index is 674. The largest absolute Gasteiger partial charge is 0.396 e. The van der Waals surface area contributed by atoms with Crippen LogP contribution >= 0.6 is 0 Å². The third kappa shape index (κ3) is 3.34. The second-order valence-corrected chi connectivity index (χ2v) is 7.52. The van der Waals surface area contributed by atoms with Crippen molar-refractivity contribution >= 4 is 10.8 Å². The normalized spacial score (nSPS) is 26.6. The van der Waals surface area contributed by atoms with Gasteiger partial charge in [-0.1, -0.05) is 56.3 Å². The van der Waals surface area contributed by atoms with E-state index in [2.05, 4.69) is 56.3 Å². The van der Waals surface area contributed by atoms with Crippen LogP contribution in [0.1, 0.15) is 32.3 Å². The smallest absolute Gasteiger partial charge is 0.0726 e. The molecule has 0 heterocycles. The molecule has 0 saturated heterocycles. The number of aliphatic hydroxyl groups excluding tert-OH is 1. The third-order valence-electron chi connectivity index (χ3n) is 5.51. The Balaban J connectivity index is 1.76. The topological polar surface area (TPSA) is 38.7 Å². The van der Waals surface area contributed by atoms with Crippen LogP contribution in [0.25, 0.3) is 10.8 Å². The lowest BCUT2D eigenvalue weighted by Crippen LogP contribution is -2.50. The number of rotatable bonds is 5. The van der Waals surface area contributed by atoms with Crippen molar-refractivity contribution in [3.05, 3.63) is 48.0 Å². The van der Waals surface area contributed by atoms with Crippen LogP contribution in [0.4, 0.5) is 0 Å². The van der Waals surface area contributed by atoms with Crippen molar-refractivity contribution in [2.24, 2.45) is 11.3 Å². The van der Waals surface area contributed by atoms with Crippen molar-refractivity contribution in [1.82, 2.24) is 0 Å². The number of ether oxygens (including phenoxy) is 2. The summed E-state index contributed by atoms with van der Waals surface area (Å²) in [6.45, 7) is 5.09. The zero-order valence-corrected chi connectivity index (χ0v) is 14.9. The number of fused-ring (bicyclic) bond motifs is 1. The number of aliphatic hydroxyl groups is 1. The van der Waals surface area contributed by atoms with E-state index in [1.807, 2.05) is 0 Å². The van der Waals surface area contributed by atoms with Crippen molar-refractivity contribution in [3.8, 4) is 0 Å². The van der Waals surface area contributed by atoms with Gasteiger partial charge in [-0.05, 0) is 34.6 Å². The molecule has 1 fully saturated rings. The van der Waals surface area contributed by atoms with Gasteiger partial charge in [-0.3, -0.25) is 0 Å². The molecule has 0 unspecified atom stereocenters. The van der Waals surface area contributed by atoms with Gasteiger partial charge in [0.1, 0.15) is 0 Å². The molecule has 24 heavy (non-hydrogen) atoms. The monoisotopic (exact) mass is 328 g/mol. The van der Waals surface area contributed by atoms with Gasteiger partial charge in [0, 0.05) is 13.0 Å². The molecule has 1 N–H and O–H groups in total. The molecule has 3 nitrogen and oxygen atoms in total. The van der Waals surface area contributed by atoms with Crippen molar-refractivity contribution in [2.45, 2.75) is 45.5 Å². The maximum absolute atomic E-state index is 9.90. The fourth-order valence-electron chi connectivity index (χ4n) is 4.17. The van der Waals surface area contributed by atoms with E-state index in [1.165, 1.54) is 16.3 Å². The molecule has 1 aliphatic carbocycles. The summed E-state index contributed by atoms with van der Waals surface area (Å²) in [7, 11) is 1.74. The van der Waals surface area contributed by atoms with E-state index in [4.69, 9.17) is 9.47 Å². The maximum atomic E-state index is 9.90. The number of hydrogen-bond donors (Lipinski definition) is 1. The van der Waals surface area contributed by atoms with E-state index in [1.54, 1.807) is 7.11 Å². The summed E-state index contributed by atoms with van der Waals surface area (Å²) in [5.74, 6) is 0.0220. The van der Waals surface area contributed by atoms with Crippen LogP contribution in [0.5, 0.6) is 0 Å². The standard InChI is InChI=1S/C21H28O3/c1-21(2)12-11-19(18(13-22)20(21)23-3)24-14-16-9-6-8-15-7-4-5-10-17(15)16/h4-10,18-20,22H,11-14H2,1-3H3/t18-,19-,20-/m1/s1. The van der Waals surface area contributed by atoms with Gasteiger partial charge in [-0.15, -0.1) is 0 Å². The van der Waals surface area contributed by atoms with E-state index in [0.29, 0.717) is 6.61 Å². The molecule has 3 rings (SSSR count). The van der Waals surface area contributed by atoms with Crippen LogP contribution in [0.15, 0.2) is 42.5 Å². The molecule has 0 aromatic heterocycles. The number of benzene rings is 2. The molecule has 0 spiro atoms. The molecule has 130 valence electrons. The first-order valence-electron chi connectivity index (χ1n) is 8.78. The summed E-state index contributed by atoms with van der Waals surface area (Å²) in [5.41, 5.74) is 1.27. The van der Waals surface area contributed by atoms with Crippen molar-refractivity contribution < 1.29 is 14.6 Å². The highest BCUT2D eigenvalue weighted by molar-refractivity contribution is 5.85. The summed E-state index contributed by atoms with van der Waals surface area (Å²) in [6.07, 6.45) is 2.06. The summed E-state index contributed by atoms with van der Waals surface area (Å²) >= 11 is 0. The van der Waals surface area contributed by atoms with E-state index in [9.17, 15) is 5.11 Å². The molecule has 0 aliphatic heterocycles. The molecule has 0 bridgehead atoms. The minimum Gasteiger partial charge on any atom is -0.396 e. The first kappa shape index (κ1) is 17.4. The van der Waals surface area contributed by atoms with Crippen LogP contribution in [0, 0.1) is 11.3 Å². The van der Waals surface area contributed by atoms with E-state index in [-0.39, 0.29) is 30.1 Å². The fourth-order valence-corrected chi connectivity index (χ4v) is 4.17. The van der Waals surface area contributed by atoms with Gasteiger partial charge in [0.15, 0.2) is 0 Å². The van der Waals surface area contributed by atoms with Gasteiger partial charge in [-0.25, -0.2) is 0 Å². The molecule has 0 radical (unpaired) electrons. The molecule has 3 heteroatoms. The second kappa shape index (κ2) is 7.22. The Kier molecular flexibility index (Phi) is 5.24. The van der Waals surface area contributed by atoms with E-state index in [0.717, 1.165) is 12.8 Å². The predicted octanol–water partition coefficient (Wildman–Crippen LogP) is 4.17. The Morgan fingerprint density at radius 1 is 1.12 bits per heavy atom. The number of methoxy groups -OCH3 is 1. The summed E-state index contributed by atoms with van der Waals surface area (Å²) in [6, 6.07) is 14.7. The minimum absolute atomic E-state index is 0.0220. The Labute approximate surface area is 144 Å². The number of hydrogen-bond acceptors (Lipinski definition) is 3. The van der Waals surface area contributed by atoms with Gasteiger partial charge < -0.3 is 14.6 Å². The van der Waals surface area contributed by atoms with Crippen molar-refractivity contribution in [2.75, 3.05) is 13.7 Å². The quantitative estimate of drug-likeness (QED) is 0.895. The average Bonchev–Trinajstić information content (AvgIpc) is 2.59. The summed E-state index contributed by atoms with van der Waals surface area (Å²) < 4.78 is 12.0. The van der Waals surface area contributed by atoms with Gasteiger partial charge in [0.2, 0.25) is 0 Å².